The number of rotatable bonds is 9. The first-order chi connectivity index (χ1) is 11.9. The molecular formula is C20H25Cl2NO2. The van der Waals surface area contributed by atoms with Crippen molar-refractivity contribution in [2.45, 2.75) is 33.3 Å². The van der Waals surface area contributed by atoms with Gasteiger partial charge in [-0.3, -0.25) is 0 Å². The van der Waals surface area contributed by atoms with Crippen molar-refractivity contribution in [2.24, 2.45) is 5.92 Å². The van der Waals surface area contributed by atoms with Crippen molar-refractivity contribution in [3.63, 3.8) is 0 Å². The molecule has 2 aromatic rings. The molecule has 0 aliphatic rings. The van der Waals surface area contributed by atoms with Crippen molar-refractivity contribution >= 4 is 28.9 Å². The summed E-state index contributed by atoms with van der Waals surface area (Å²) in [6.07, 6.45) is 1.02. The summed E-state index contributed by atoms with van der Waals surface area (Å²) >= 11 is 12.0. The fraction of sp³-hybridized carbons (Fsp3) is 0.400. The Morgan fingerprint density at radius 2 is 1.72 bits per heavy atom. The zero-order chi connectivity index (χ0) is 18.2. The lowest BCUT2D eigenvalue weighted by Crippen LogP contribution is -2.22. The minimum atomic E-state index is -0.0411. The zero-order valence-corrected chi connectivity index (χ0v) is 16.4. The van der Waals surface area contributed by atoms with E-state index in [2.05, 4.69) is 19.2 Å². The molecule has 5 heteroatoms. The molecule has 2 rings (SSSR count). The Bertz CT molecular complexity index is 659. The summed E-state index contributed by atoms with van der Waals surface area (Å²) in [6, 6.07) is 13.2. The Kier molecular flexibility index (Phi) is 7.73. The summed E-state index contributed by atoms with van der Waals surface area (Å²) in [6.45, 7) is 7.78. The van der Waals surface area contributed by atoms with Crippen LogP contribution in [0.1, 0.15) is 27.2 Å². The van der Waals surface area contributed by atoms with Crippen LogP contribution in [-0.2, 0) is 0 Å². The van der Waals surface area contributed by atoms with Crippen molar-refractivity contribution < 1.29 is 9.47 Å². The van der Waals surface area contributed by atoms with Crippen molar-refractivity contribution in [2.75, 3.05) is 18.5 Å². The van der Waals surface area contributed by atoms with Crippen LogP contribution in [0, 0.1) is 5.92 Å². The maximum absolute atomic E-state index is 6.13. The number of ether oxygens (including phenoxy) is 2. The highest BCUT2D eigenvalue weighted by Crippen LogP contribution is 2.28. The molecule has 0 saturated carbocycles. The lowest BCUT2D eigenvalue weighted by atomic mass is 10.1. The van der Waals surface area contributed by atoms with E-state index in [1.807, 2.05) is 31.2 Å². The molecule has 0 aromatic heterocycles. The second-order valence-electron chi connectivity index (χ2n) is 6.44. The summed E-state index contributed by atoms with van der Waals surface area (Å²) < 4.78 is 11.6. The van der Waals surface area contributed by atoms with Gasteiger partial charge in [0.05, 0.1) is 18.2 Å². The first-order valence-electron chi connectivity index (χ1n) is 8.52. The van der Waals surface area contributed by atoms with Gasteiger partial charge in [0.2, 0.25) is 0 Å². The molecule has 0 bridgehead atoms. The van der Waals surface area contributed by atoms with E-state index in [0.29, 0.717) is 28.3 Å². The summed E-state index contributed by atoms with van der Waals surface area (Å²) in [5.41, 5.74) is 1.02. The van der Waals surface area contributed by atoms with Crippen LogP contribution in [0.2, 0.25) is 10.0 Å². The first kappa shape index (κ1) is 19.7. The minimum Gasteiger partial charge on any atom is -0.494 e. The topological polar surface area (TPSA) is 30.5 Å². The summed E-state index contributed by atoms with van der Waals surface area (Å²) in [5.74, 6) is 2.18. The third-order valence-electron chi connectivity index (χ3n) is 3.63. The summed E-state index contributed by atoms with van der Waals surface area (Å²) in [5, 5.41) is 4.46. The van der Waals surface area contributed by atoms with Gasteiger partial charge in [-0.05, 0) is 61.7 Å². The molecule has 0 amide bonds. The molecule has 136 valence electrons. The molecule has 0 heterocycles. The predicted octanol–water partition coefficient (Wildman–Crippen LogP) is 6.30. The average molecular weight is 382 g/mol. The zero-order valence-electron chi connectivity index (χ0n) is 14.9. The Hall–Kier alpha value is -1.58. The van der Waals surface area contributed by atoms with E-state index in [-0.39, 0.29) is 6.10 Å². The molecule has 1 N–H and O–H groups in total. The fourth-order valence-corrected chi connectivity index (χ4v) is 2.63. The quantitative estimate of drug-likeness (QED) is 0.552. The van der Waals surface area contributed by atoms with E-state index in [4.69, 9.17) is 32.7 Å². The van der Waals surface area contributed by atoms with E-state index in [1.54, 1.807) is 18.2 Å². The van der Waals surface area contributed by atoms with E-state index in [0.717, 1.165) is 24.5 Å². The van der Waals surface area contributed by atoms with E-state index in [9.17, 15) is 0 Å². The lowest BCUT2D eigenvalue weighted by molar-refractivity contribution is 0.235. The molecule has 1 unspecified atom stereocenters. The Morgan fingerprint density at radius 1 is 1.00 bits per heavy atom. The fourth-order valence-electron chi connectivity index (χ4n) is 2.17. The molecule has 0 radical (unpaired) electrons. The van der Waals surface area contributed by atoms with Crippen molar-refractivity contribution in [1.29, 1.82) is 0 Å². The minimum absolute atomic E-state index is 0.0411. The molecule has 0 aliphatic heterocycles. The highest BCUT2D eigenvalue weighted by atomic mass is 35.5. The SMILES string of the molecule is CC(C)CCOc1ccc(NCC(C)Oc2ccc(Cl)cc2Cl)cc1. The van der Waals surface area contributed by atoms with Crippen molar-refractivity contribution in [3.05, 3.63) is 52.5 Å². The standard InChI is InChI=1S/C20H25Cl2NO2/c1-14(2)10-11-24-18-7-5-17(6-8-18)23-13-15(3)25-20-9-4-16(21)12-19(20)22/h4-9,12,14-15,23H,10-11,13H2,1-3H3. The molecule has 0 spiro atoms. The second kappa shape index (κ2) is 9.79. The molecular weight excluding hydrogens is 357 g/mol. The largest absolute Gasteiger partial charge is 0.494 e. The maximum atomic E-state index is 6.13. The van der Waals surface area contributed by atoms with Gasteiger partial charge in [0.15, 0.2) is 0 Å². The van der Waals surface area contributed by atoms with Gasteiger partial charge in [0, 0.05) is 10.7 Å². The second-order valence-corrected chi connectivity index (χ2v) is 7.28. The smallest absolute Gasteiger partial charge is 0.138 e. The Labute approximate surface area is 160 Å². The van der Waals surface area contributed by atoms with Gasteiger partial charge in [0.25, 0.3) is 0 Å². The van der Waals surface area contributed by atoms with Crippen LogP contribution in [0.5, 0.6) is 11.5 Å². The van der Waals surface area contributed by atoms with Crippen LogP contribution >= 0.6 is 23.2 Å². The maximum Gasteiger partial charge on any atom is 0.138 e. The first-order valence-corrected chi connectivity index (χ1v) is 9.28. The molecule has 2 aromatic carbocycles. The highest BCUT2D eigenvalue weighted by Gasteiger charge is 2.08. The number of benzene rings is 2. The Balaban J connectivity index is 1.78. The summed E-state index contributed by atoms with van der Waals surface area (Å²) in [7, 11) is 0. The van der Waals surface area contributed by atoms with Crippen LogP contribution in [0.15, 0.2) is 42.5 Å². The molecule has 0 saturated heterocycles. The number of anilines is 1. The van der Waals surface area contributed by atoms with Crippen LogP contribution < -0.4 is 14.8 Å². The Morgan fingerprint density at radius 3 is 2.36 bits per heavy atom. The van der Waals surface area contributed by atoms with Crippen LogP contribution in [0.25, 0.3) is 0 Å². The third-order valence-corrected chi connectivity index (χ3v) is 4.16. The predicted molar refractivity (Wildman–Crippen MR) is 106 cm³/mol. The van der Waals surface area contributed by atoms with E-state index in [1.165, 1.54) is 0 Å². The van der Waals surface area contributed by atoms with Crippen LogP contribution in [0.3, 0.4) is 0 Å². The molecule has 0 fully saturated rings. The van der Waals surface area contributed by atoms with Crippen molar-refractivity contribution in [1.82, 2.24) is 0 Å². The highest BCUT2D eigenvalue weighted by molar-refractivity contribution is 6.35. The van der Waals surface area contributed by atoms with Gasteiger partial charge in [-0.2, -0.15) is 0 Å². The number of hydrogen-bond donors (Lipinski definition) is 1. The van der Waals surface area contributed by atoms with E-state index >= 15 is 0 Å². The van der Waals surface area contributed by atoms with Gasteiger partial charge in [-0.15, -0.1) is 0 Å². The number of halogens is 2. The van der Waals surface area contributed by atoms with Gasteiger partial charge in [0.1, 0.15) is 17.6 Å². The van der Waals surface area contributed by atoms with Gasteiger partial charge < -0.3 is 14.8 Å². The molecule has 1 atom stereocenters. The van der Waals surface area contributed by atoms with Gasteiger partial charge in [-0.25, -0.2) is 0 Å². The lowest BCUT2D eigenvalue weighted by Gasteiger charge is -2.17. The van der Waals surface area contributed by atoms with Crippen molar-refractivity contribution in [3.8, 4) is 11.5 Å². The van der Waals surface area contributed by atoms with E-state index < -0.39 is 0 Å². The normalized spacial score (nSPS) is 12.1. The van der Waals surface area contributed by atoms with Crippen LogP contribution in [0.4, 0.5) is 5.69 Å². The van der Waals surface area contributed by atoms with Gasteiger partial charge >= 0.3 is 0 Å². The average Bonchev–Trinajstić information content (AvgIpc) is 2.56. The van der Waals surface area contributed by atoms with Gasteiger partial charge in [-0.1, -0.05) is 37.0 Å². The number of hydrogen-bond acceptors (Lipinski definition) is 3. The van der Waals surface area contributed by atoms with Crippen LogP contribution in [-0.4, -0.2) is 19.3 Å². The molecule has 3 nitrogen and oxygen atoms in total. The molecule has 0 aliphatic carbocycles. The third kappa shape index (κ3) is 7.05. The monoisotopic (exact) mass is 381 g/mol. The molecule has 25 heavy (non-hydrogen) atoms. The number of nitrogens with one attached hydrogen (secondary N) is 1. The summed E-state index contributed by atoms with van der Waals surface area (Å²) in [4.78, 5) is 0.